The summed E-state index contributed by atoms with van der Waals surface area (Å²) in [5.74, 6) is -3.13. The van der Waals surface area contributed by atoms with E-state index in [1.54, 1.807) is 6.07 Å². The molecular weight excluding hydrogens is 431 g/mol. The summed E-state index contributed by atoms with van der Waals surface area (Å²) in [7, 11) is -0.774. The van der Waals surface area contributed by atoms with Crippen molar-refractivity contribution in [2.24, 2.45) is 16.1 Å². The van der Waals surface area contributed by atoms with Crippen LogP contribution in [0.25, 0.3) is 0 Å². The van der Waals surface area contributed by atoms with Crippen molar-refractivity contribution >= 4 is 24.3 Å². The molecular formula is C21H27BF4N2O4. The summed E-state index contributed by atoms with van der Waals surface area (Å²) in [4.78, 5) is 15.6. The standard InChI is InChI=1S/C21H25BF4N2O4.H2/c1-18(2)19(3,4)32-22(31-18)13-6-5-12(14(23)10-13)9-17(30)28-16(27)11-15(29)20(7-8-20)21(24,25)26;/h5-6,10-11,29H,7-9H2,1-4H3,(H2,27,28,30);1H/b15-11-;. The Labute approximate surface area is 185 Å². The number of hydrogen-bond donors (Lipinski definition) is 2. The normalized spacial score (nSPS) is 22.2. The van der Waals surface area contributed by atoms with Crippen LogP contribution in [0.5, 0.6) is 0 Å². The zero-order valence-electron chi connectivity index (χ0n) is 18.2. The molecule has 1 saturated carbocycles. The molecule has 1 aromatic rings. The summed E-state index contributed by atoms with van der Waals surface area (Å²) < 4.78 is 65.3. The first-order chi connectivity index (χ1) is 14.6. The number of aliphatic hydroxyl groups excluding tert-OH is 1. The van der Waals surface area contributed by atoms with E-state index in [2.05, 4.69) is 4.99 Å². The largest absolute Gasteiger partial charge is 0.511 e. The van der Waals surface area contributed by atoms with E-state index < -0.39 is 59.7 Å². The summed E-state index contributed by atoms with van der Waals surface area (Å²) in [5.41, 5.74) is 2.43. The molecule has 0 aromatic heterocycles. The minimum atomic E-state index is -4.63. The van der Waals surface area contributed by atoms with Gasteiger partial charge in [-0.05, 0) is 57.6 Å². The minimum Gasteiger partial charge on any atom is -0.511 e. The van der Waals surface area contributed by atoms with Crippen molar-refractivity contribution in [3.63, 3.8) is 0 Å². The SMILES string of the molecule is CC1(C)OB(c2ccc(CC(=O)N=C(N)/C=C(\O)C3(C(F)(F)F)CC3)c(F)c2)OC1(C)C.[HH]. The van der Waals surface area contributed by atoms with E-state index in [1.807, 2.05) is 27.7 Å². The molecule has 1 heterocycles. The van der Waals surface area contributed by atoms with Crippen molar-refractivity contribution in [1.82, 2.24) is 0 Å². The molecule has 176 valence electrons. The number of nitrogens with two attached hydrogens (primary N) is 1. The molecule has 0 bridgehead atoms. The Balaban J connectivity index is 0.00000385. The van der Waals surface area contributed by atoms with Crippen LogP contribution < -0.4 is 11.2 Å². The van der Waals surface area contributed by atoms with Gasteiger partial charge in [0.05, 0.1) is 17.6 Å². The van der Waals surface area contributed by atoms with Gasteiger partial charge in [0, 0.05) is 7.50 Å². The lowest BCUT2D eigenvalue weighted by Gasteiger charge is -2.32. The van der Waals surface area contributed by atoms with Crippen LogP contribution >= 0.6 is 0 Å². The number of amides is 1. The van der Waals surface area contributed by atoms with Gasteiger partial charge in [-0.15, -0.1) is 0 Å². The first-order valence-electron chi connectivity index (χ1n) is 10.1. The topological polar surface area (TPSA) is 94.1 Å². The summed E-state index contributed by atoms with van der Waals surface area (Å²) in [5, 5.41) is 9.79. The third kappa shape index (κ3) is 4.54. The summed E-state index contributed by atoms with van der Waals surface area (Å²) in [6.07, 6.45) is -4.99. The molecule has 1 aliphatic carbocycles. The number of benzene rings is 1. The smallest absolute Gasteiger partial charge is 0.494 e. The molecule has 0 spiro atoms. The number of carbonyl (C=O) groups is 1. The fraction of sp³-hybridized carbons (Fsp3) is 0.524. The molecule has 0 radical (unpaired) electrons. The highest BCUT2D eigenvalue weighted by Gasteiger charge is 2.66. The molecule has 1 aliphatic heterocycles. The Kier molecular flexibility index (Phi) is 5.97. The first kappa shape index (κ1) is 24.3. The number of halogens is 4. The highest BCUT2D eigenvalue weighted by Crippen LogP contribution is 2.61. The first-order valence-corrected chi connectivity index (χ1v) is 10.1. The third-order valence-electron chi connectivity index (χ3n) is 6.27. The van der Waals surface area contributed by atoms with Gasteiger partial charge in [-0.1, -0.05) is 12.1 Å². The minimum absolute atomic E-state index is 0. The summed E-state index contributed by atoms with van der Waals surface area (Å²) in [6, 6.07) is 4.14. The molecule has 0 unspecified atom stereocenters. The van der Waals surface area contributed by atoms with Crippen molar-refractivity contribution in [3.05, 3.63) is 41.4 Å². The molecule has 32 heavy (non-hydrogen) atoms. The van der Waals surface area contributed by atoms with Gasteiger partial charge in [-0.3, -0.25) is 4.79 Å². The van der Waals surface area contributed by atoms with Crippen LogP contribution in [-0.4, -0.2) is 41.3 Å². The van der Waals surface area contributed by atoms with Crippen LogP contribution in [0.1, 0.15) is 47.5 Å². The Hall–Kier alpha value is -2.40. The molecule has 2 aliphatic rings. The van der Waals surface area contributed by atoms with Crippen LogP contribution in [0.2, 0.25) is 0 Å². The number of aliphatic imine (C=N–C) groups is 1. The van der Waals surface area contributed by atoms with Gasteiger partial charge in [0.1, 0.15) is 22.8 Å². The lowest BCUT2D eigenvalue weighted by atomic mass is 9.78. The fourth-order valence-corrected chi connectivity index (χ4v) is 3.30. The molecule has 2 fully saturated rings. The predicted molar refractivity (Wildman–Crippen MR) is 113 cm³/mol. The van der Waals surface area contributed by atoms with E-state index in [0.29, 0.717) is 11.5 Å². The van der Waals surface area contributed by atoms with Crippen molar-refractivity contribution in [1.29, 1.82) is 0 Å². The fourth-order valence-electron chi connectivity index (χ4n) is 3.30. The number of amidine groups is 1. The van der Waals surface area contributed by atoms with Gasteiger partial charge in [-0.25, -0.2) is 4.39 Å². The molecule has 6 nitrogen and oxygen atoms in total. The molecule has 11 heteroatoms. The van der Waals surface area contributed by atoms with Gasteiger partial charge >= 0.3 is 13.3 Å². The molecule has 3 N–H and O–H groups in total. The van der Waals surface area contributed by atoms with Gasteiger partial charge in [0.15, 0.2) is 0 Å². The van der Waals surface area contributed by atoms with Gasteiger partial charge in [-0.2, -0.15) is 18.2 Å². The second kappa shape index (κ2) is 7.88. The second-order valence-electron chi connectivity index (χ2n) is 9.16. The van der Waals surface area contributed by atoms with Crippen LogP contribution in [0.3, 0.4) is 0 Å². The highest BCUT2D eigenvalue weighted by molar-refractivity contribution is 6.62. The zero-order chi connectivity index (χ0) is 24.1. The quantitative estimate of drug-likeness (QED) is 0.231. The maximum atomic E-state index is 14.6. The van der Waals surface area contributed by atoms with Crippen molar-refractivity contribution in [2.45, 2.75) is 64.3 Å². The average molecular weight is 458 g/mol. The summed E-state index contributed by atoms with van der Waals surface area (Å²) >= 11 is 0. The van der Waals surface area contributed by atoms with Gasteiger partial charge in [0.25, 0.3) is 5.91 Å². The number of nitrogens with zero attached hydrogens (tertiary/aromatic N) is 1. The molecule has 1 saturated heterocycles. The number of hydrogen-bond acceptors (Lipinski definition) is 4. The van der Waals surface area contributed by atoms with Crippen LogP contribution in [0.15, 0.2) is 35.0 Å². The van der Waals surface area contributed by atoms with Crippen molar-refractivity contribution < 1.29 is 38.2 Å². The Morgan fingerprint density at radius 1 is 1.25 bits per heavy atom. The predicted octanol–water partition coefficient (Wildman–Crippen LogP) is 3.58. The lowest BCUT2D eigenvalue weighted by molar-refractivity contribution is -0.182. The highest BCUT2D eigenvalue weighted by atomic mass is 19.4. The Morgan fingerprint density at radius 3 is 2.28 bits per heavy atom. The maximum absolute atomic E-state index is 14.6. The number of rotatable bonds is 5. The second-order valence-corrected chi connectivity index (χ2v) is 9.16. The molecule has 1 amide bonds. The van der Waals surface area contributed by atoms with Crippen molar-refractivity contribution in [2.75, 3.05) is 0 Å². The van der Waals surface area contributed by atoms with Crippen LogP contribution in [0, 0.1) is 11.2 Å². The van der Waals surface area contributed by atoms with E-state index in [0.717, 1.165) is 0 Å². The Bertz CT molecular complexity index is 975. The molecule has 3 rings (SSSR count). The van der Waals surface area contributed by atoms with E-state index in [4.69, 9.17) is 15.0 Å². The number of carbonyl (C=O) groups excluding carboxylic acids is 1. The van der Waals surface area contributed by atoms with Gasteiger partial charge < -0.3 is 20.1 Å². The summed E-state index contributed by atoms with van der Waals surface area (Å²) in [6.45, 7) is 7.46. The zero-order valence-corrected chi connectivity index (χ0v) is 18.2. The van der Waals surface area contributed by atoms with E-state index in [1.165, 1.54) is 12.1 Å². The van der Waals surface area contributed by atoms with Crippen LogP contribution in [-0.2, 0) is 20.5 Å². The molecule has 0 atom stereocenters. The number of allylic oxidation sites excluding steroid dienone is 1. The third-order valence-corrected chi connectivity index (χ3v) is 6.27. The Morgan fingerprint density at radius 2 is 1.81 bits per heavy atom. The van der Waals surface area contributed by atoms with Gasteiger partial charge in [0.2, 0.25) is 0 Å². The lowest BCUT2D eigenvalue weighted by Crippen LogP contribution is -2.41. The number of alkyl halides is 3. The molecule has 1 aromatic carbocycles. The van der Waals surface area contributed by atoms with E-state index in [9.17, 15) is 27.5 Å². The van der Waals surface area contributed by atoms with Crippen LogP contribution in [0.4, 0.5) is 17.6 Å². The van der Waals surface area contributed by atoms with E-state index >= 15 is 0 Å². The average Bonchev–Trinajstić information content (AvgIpc) is 3.40. The van der Waals surface area contributed by atoms with Crippen molar-refractivity contribution in [3.8, 4) is 0 Å². The monoisotopic (exact) mass is 458 g/mol. The van der Waals surface area contributed by atoms with E-state index in [-0.39, 0.29) is 19.8 Å². The maximum Gasteiger partial charge on any atom is 0.494 e. The number of aliphatic hydroxyl groups is 1.